The van der Waals surface area contributed by atoms with E-state index in [-0.39, 0.29) is 0 Å². The summed E-state index contributed by atoms with van der Waals surface area (Å²) in [7, 11) is 1.74. The van der Waals surface area contributed by atoms with Crippen molar-refractivity contribution in [1.82, 2.24) is 5.32 Å². The van der Waals surface area contributed by atoms with Crippen LogP contribution in [0.3, 0.4) is 0 Å². The summed E-state index contributed by atoms with van der Waals surface area (Å²) in [5.74, 6) is 2.47. The zero-order valence-corrected chi connectivity index (χ0v) is 13.2. The average molecular weight is 275 g/mol. The van der Waals surface area contributed by atoms with Crippen LogP contribution < -0.4 is 10.1 Å². The second kappa shape index (κ2) is 7.68. The number of nitrogens with one attached hydrogen (secondary N) is 1. The van der Waals surface area contributed by atoms with Crippen molar-refractivity contribution in [2.75, 3.05) is 20.2 Å². The third kappa shape index (κ3) is 3.76. The molecule has 1 aliphatic rings. The number of ether oxygens (including phenoxy) is 1. The molecular formula is C18H29NO. The summed E-state index contributed by atoms with van der Waals surface area (Å²) in [5.41, 5.74) is 2.92. The summed E-state index contributed by atoms with van der Waals surface area (Å²) in [6.45, 7) is 6.66. The van der Waals surface area contributed by atoms with Crippen LogP contribution in [0.5, 0.6) is 5.75 Å². The van der Waals surface area contributed by atoms with Gasteiger partial charge >= 0.3 is 0 Å². The van der Waals surface area contributed by atoms with Crippen LogP contribution in [0.1, 0.15) is 56.1 Å². The van der Waals surface area contributed by atoms with Crippen molar-refractivity contribution in [3.05, 3.63) is 29.3 Å². The lowest BCUT2D eigenvalue weighted by molar-refractivity contribution is 0.376. The van der Waals surface area contributed by atoms with Crippen LogP contribution in [-0.2, 0) is 0 Å². The van der Waals surface area contributed by atoms with Gasteiger partial charge in [-0.25, -0.2) is 0 Å². The van der Waals surface area contributed by atoms with E-state index in [2.05, 4.69) is 37.4 Å². The maximum Gasteiger partial charge on any atom is 0.119 e. The smallest absolute Gasteiger partial charge is 0.119 e. The minimum atomic E-state index is 0.711. The third-order valence-electron chi connectivity index (χ3n) is 4.69. The normalized spacial score (nSPS) is 23.4. The standard InChI is InChI=1S/C18H29NO/c1-4-19-13-15-8-6-5-7-9-18(15)17-11-10-16(20-3)12-14(17)2/h10-12,15,18-19H,4-9,13H2,1-3H3. The van der Waals surface area contributed by atoms with Gasteiger partial charge in [0.2, 0.25) is 0 Å². The van der Waals surface area contributed by atoms with Crippen LogP contribution in [0.2, 0.25) is 0 Å². The molecule has 1 saturated carbocycles. The summed E-state index contributed by atoms with van der Waals surface area (Å²) in [6, 6.07) is 6.60. The van der Waals surface area contributed by atoms with Gasteiger partial charge in [0.1, 0.15) is 5.75 Å². The largest absolute Gasteiger partial charge is 0.497 e. The van der Waals surface area contributed by atoms with Crippen molar-refractivity contribution in [1.29, 1.82) is 0 Å². The Balaban J connectivity index is 2.20. The highest BCUT2D eigenvalue weighted by Crippen LogP contribution is 2.38. The maximum atomic E-state index is 5.34. The van der Waals surface area contributed by atoms with Gasteiger partial charge in [0.05, 0.1) is 7.11 Å². The highest BCUT2D eigenvalue weighted by molar-refractivity contribution is 5.37. The monoisotopic (exact) mass is 275 g/mol. The van der Waals surface area contributed by atoms with Crippen LogP contribution in [0.15, 0.2) is 18.2 Å². The Bertz CT molecular complexity index is 416. The first-order chi connectivity index (χ1) is 9.76. The van der Waals surface area contributed by atoms with E-state index in [0.29, 0.717) is 5.92 Å². The van der Waals surface area contributed by atoms with Gasteiger partial charge in [-0.2, -0.15) is 0 Å². The highest BCUT2D eigenvalue weighted by Gasteiger charge is 2.25. The van der Waals surface area contributed by atoms with Gasteiger partial charge in [-0.05, 0) is 68.0 Å². The predicted molar refractivity (Wildman–Crippen MR) is 85.6 cm³/mol. The van der Waals surface area contributed by atoms with E-state index in [1.165, 1.54) is 43.2 Å². The molecule has 2 heteroatoms. The Morgan fingerprint density at radius 1 is 1.20 bits per heavy atom. The molecule has 0 aliphatic heterocycles. The van der Waals surface area contributed by atoms with Crippen molar-refractivity contribution in [2.24, 2.45) is 5.92 Å². The van der Waals surface area contributed by atoms with Gasteiger partial charge in [0.25, 0.3) is 0 Å². The van der Waals surface area contributed by atoms with Gasteiger partial charge in [-0.1, -0.05) is 32.3 Å². The number of aryl methyl sites for hydroxylation is 1. The van der Waals surface area contributed by atoms with Crippen LogP contribution in [0, 0.1) is 12.8 Å². The minimum absolute atomic E-state index is 0.711. The Hall–Kier alpha value is -1.02. The molecule has 0 radical (unpaired) electrons. The molecule has 0 aromatic heterocycles. The van der Waals surface area contributed by atoms with Crippen LogP contribution >= 0.6 is 0 Å². The lowest BCUT2D eigenvalue weighted by atomic mass is 9.80. The fraction of sp³-hybridized carbons (Fsp3) is 0.667. The number of methoxy groups -OCH3 is 1. The lowest BCUT2D eigenvalue weighted by Crippen LogP contribution is -2.27. The Morgan fingerprint density at radius 2 is 2.00 bits per heavy atom. The minimum Gasteiger partial charge on any atom is -0.497 e. The number of rotatable bonds is 5. The van der Waals surface area contributed by atoms with E-state index >= 15 is 0 Å². The summed E-state index contributed by atoms with van der Waals surface area (Å²) < 4.78 is 5.34. The molecule has 2 unspecified atom stereocenters. The SMILES string of the molecule is CCNCC1CCCCCC1c1ccc(OC)cc1C. The molecule has 2 atom stereocenters. The van der Waals surface area contributed by atoms with E-state index in [1.807, 2.05) is 0 Å². The molecule has 1 aromatic carbocycles. The van der Waals surface area contributed by atoms with Crippen molar-refractivity contribution < 1.29 is 4.74 Å². The van der Waals surface area contributed by atoms with E-state index in [0.717, 1.165) is 24.8 Å². The third-order valence-corrected chi connectivity index (χ3v) is 4.69. The molecule has 0 bridgehead atoms. The Morgan fingerprint density at radius 3 is 2.70 bits per heavy atom. The second-order valence-electron chi connectivity index (χ2n) is 6.03. The molecule has 1 N–H and O–H groups in total. The van der Waals surface area contributed by atoms with Gasteiger partial charge in [-0.3, -0.25) is 0 Å². The Labute approximate surface area is 123 Å². The van der Waals surface area contributed by atoms with Gasteiger partial charge in [0, 0.05) is 0 Å². The van der Waals surface area contributed by atoms with Gasteiger partial charge in [0.15, 0.2) is 0 Å². The van der Waals surface area contributed by atoms with E-state index in [1.54, 1.807) is 7.11 Å². The molecule has 112 valence electrons. The van der Waals surface area contributed by atoms with Crippen LogP contribution in [0.25, 0.3) is 0 Å². The van der Waals surface area contributed by atoms with E-state index in [9.17, 15) is 0 Å². The molecule has 0 amide bonds. The van der Waals surface area contributed by atoms with Crippen molar-refractivity contribution in [3.63, 3.8) is 0 Å². The molecule has 20 heavy (non-hydrogen) atoms. The molecular weight excluding hydrogens is 246 g/mol. The first kappa shape index (κ1) is 15.4. The Kier molecular flexibility index (Phi) is 5.90. The van der Waals surface area contributed by atoms with E-state index in [4.69, 9.17) is 4.74 Å². The summed E-state index contributed by atoms with van der Waals surface area (Å²) in [6.07, 6.45) is 6.86. The highest BCUT2D eigenvalue weighted by atomic mass is 16.5. The molecule has 1 aliphatic carbocycles. The summed E-state index contributed by atoms with van der Waals surface area (Å²) in [5, 5.41) is 3.56. The molecule has 2 nitrogen and oxygen atoms in total. The van der Waals surface area contributed by atoms with Crippen LogP contribution in [-0.4, -0.2) is 20.2 Å². The first-order valence-electron chi connectivity index (χ1n) is 8.11. The predicted octanol–water partition coefficient (Wildman–Crippen LogP) is 4.28. The first-order valence-corrected chi connectivity index (χ1v) is 8.11. The van der Waals surface area contributed by atoms with Crippen molar-refractivity contribution in [2.45, 2.75) is 51.9 Å². The van der Waals surface area contributed by atoms with E-state index < -0.39 is 0 Å². The molecule has 1 aromatic rings. The summed E-state index contributed by atoms with van der Waals surface area (Å²) in [4.78, 5) is 0. The topological polar surface area (TPSA) is 21.3 Å². The molecule has 0 heterocycles. The zero-order chi connectivity index (χ0) is 14.4. The van der Waals surface area contributed by atoms with Gasteiger partial charge < -0.3 is 10.1 Å². The molecule has 0 spiro atoms. The molecule has 0 saturated heterocycles. The van der Waals surface area contributed by atoms with Crippen LogP contribution in [0.4, 0.5) is 0 Å². The summed E-state index contributed by atoms with van der Waals surface area (Å²) >= 11 is 0. The molecule has 1 fully saturated rings. The van der Waals surface area contributed by atoms with Gasteiger partial charge in [-0.15, -0.1) is 0 Å². The number of hydrogen-bond acceptors (Lipinski definition) is 2. The fourth-order valence-electron chi connectivity index (χ4n) is 3.56. The fourth-order valence-corrected chi connectivity index (χ4v) is 3.56. The quantitative estimate of drug-likeness (QED) is 0.810. The maximum absolute atomic E-state index is 5.34. The van der Waals surface area contributed by atoms with Crippen molar-refractivity contribution >= 4 is 0 Å². The second-order valence-corrected chi connectivity index (χ2v) is 6.03. The lowest BCUT2D eigenvalue weighted by Gasteiger charge is -2.27. The number of benzene rings is 1. The number of hydrogen-bond donors (Lipinski definition) is 1. The average Bonchev–Trinajstić information content (AvgIpc) is 2.70. The zero-order valence-electron chi connectivity index (χ0n) is 13.2. The van der Waals surface area contributed by atoms with Crippen molar-refractivity contribution in [3.8, 4) is 5.75 Å². The molecule has 2 rings (SSSR count).